The highest BCUT2D eigenvalue weighted by Gasteiger charge is 2.29. The molecular formula is C26H28N4O5. The summed E-state index contributed by atoms with van der Waals surface area (Å²) >= 11 is 0. The molecule has 1 aromatic heterocycles. The first-order valence-corrected chi connectivity index (χ1v) is 11.6. The van der Waals surface area contributed by atoms with Gasteiger partial charge in [-0.25, -0.2) is 4.79 Å². The van der Waals surface area contributed by atoms with Crippen molar-refractivity contribution in [2.24, 2.45) is 5.92 Å². The number of alkyl carbamates (subject to hydrolysis) is 1. The average molecular weight is 477 g/mol. The normalized spacial score (nSPS) is 12.9. The van der Waals surface area contributed by atoms with Crippen LogP contribution in [0.15, 0.2) is 60.9 Å². The van der Waals surface area contributed by atoms with Crippen molar-refractivity contribution in [3.8, 4) is 11.1 Å². The fourth-order valence-corrected chi connectivity index (χ4v) is 4.43. The van der Waals surface area contributed by atoms with E-state index in [1.54, 1.807) is 0 Å². The van der Waals surface area contributed by atoms with Crippen LogP contribution in [0.2, 0.25) is 0 Å². The first-order valence-electron chi connectivity index (χ1n) is 11.6. The van der Waals surface area contributed by atoms with Crippen molar-refractivity contribution < 1.29 is 24.2 Å². The van der Waals surface area contributed by atoms with Crippen LogP contribution in [0.4, 0.5) is 10.5 Å². The minimum atomic E-state index is -1.03. The van der Waals surface area contributed by atoms with Crippen molar-refractivity contribution in [2.75, 3.05) is 18.5 Å². The summed E-state index contributed by atoms with van der Waals surface area (Å²) in [6.45, 7) is 1.99. The predicted molar refractivity (Wildman–Crippen MR) is 130 cm³/mol. The van der Waals surface area contributed by atoms with Crippen LogP contribution in [0.5, 0.6) is 0 Å². The maximum absolute atomic E-state index is 12.7. The molecule has 2 amide bonds. The SMILES string of the molecule is CCCC(CNC(=O)OCC1c2ccccc2-c2ccccc21)C(=O)Nc1cnn(CC(=O)O)c1. The Labute approximate surface area is 203 Å². The van der Waals surface area contributed by atoms with Crippen molar-refractivity contribution in [1.82, 2.24) is 15.1 Å². The van der Waals surface area contributed by atoms with E-state index in [-0.39, 0.29) is 31.5 Å². The Morgan fingerprint density at radius 3 is 2.37 bits per heavy atom. The summed E-state index contributed by atoms with van der Waals surface area (Å²) in [5, 5.41) is 18.2. The third kappa shape index (κ3) is 5.68. The van der Waals surface area contributed by atoms with Crippen LogP contribution < -0.4 is 10.6 Å². The minimum Gasteiger partial charge on any atom is -0.480 e. The van der Waals surface area contributed by atoms with E-state index >= 15 is 0 Å². The molecule has 9 heteroatoms. The number of ether oxygens (including phenoxy) is 1. The number of amides is 2. The van der Waals surface area contributed by atoms with E-state index in [0.717, 1.165) is 28.7 Å². The Balaban J connectivity index is 1.31. The number of carboxylic acids is 1. The summed E-state index contributed by atoms with van der Waals surface area (Å²) in [6, 6.07) is 16.2. The van der Waals surface area contributed by atoms with Gasteiger partial charge in [-0.15, -0.1) is 0 Å². The molecule has 0 aliphatic heterocycles. The summed E-state index contributed by atoms with van der Waals surface area (Å²) < 4.78 is 6.78. The van der Waals surface area contributed by atoms with Gasteiger partial charge in [0.1, 0.15) is 13.2 Å². The molecule has 2 aromatic carbocycles. The number of hydrogen-bond donors (Lipinski definition) is 3. The van der Waals surface area contributed by atoms with E-state index < -0.39 is 18.0 Å². The molecule has 1 aliphatic rings. The summed E-state index contributed by atoms with van der Waals surface area (Å²) in [4.78, 5) is 36.0. The molecule has 0 fully saturated rings. The van der Waals surface area contributed by atoms with Gasteiger partial charge in [-0.3, -0.25) is 14.3 Å². The number of nitrogens with one attached hydrogen (secondary N) is 2. The maximum atomic E-state index is 12.7. The van der Waals surface area contributed by atoms with Crippen LogP contribution in [0.1, 0.15) is 36.8 Å². The molecule has 35 heavy (non-hydrogen) atoms. The highest BCUT2D eigenvalue weighted by molar-refractivity contribution is 5.92. The number of nitrogens with zero attached hydrogens (tertiary/aromatic N) is 2. The Bertz CT molecular complexity index is 1180. The van der Waals surface area contributed by atoms with Crippen LogP contribution >= 0.6 is 0 Å². The molecule has 1 unspecified atom stereocenters. The number of hydrogen-bond acceptors (Lipinski definition) is 5. The van der Waals surface area contributed by atoms with E-state index in [1.165, 1.54) is 17.1 Å². The lowest BCUT2D eigenvalue weighted by molar-refractivity contribution is -0.137. The van der Waals surface area contributed by atoms with Gasteiger partial charge in [0, 0.05) is 18.7 Å². The van der Waals surface area contributed by atoms with Crippen LogP contribution in [-0.2, 0) is 20.9 Å². The molecule has 3 aromatic rings. The molecule has 0 bridgehead atoms. The van der Waals surface area contributed by atoms with Gasteiger partial charge >= 0.3 is 12.1 Å². The lowest BCUT2D eigenvalue weighted by atomic mass is 9.98. The number of aliphatic carboxylic acids is 1. The molecule has 1 aliphatic carbocycles. The lowest BCUT2D eigenvalue weighted by Gasteiger charge is -2.18. The van der Waals surface area contributed by atoms with Gasteiger partial charge in [-0.1, -0.05) is 61.9 Å². The zero-order chi connectivity index (χ0) is 24.8. The van der Waals surface area contributed by atoms with Gasteiger partial charge in [0.25, 0.3) is 0 Å². The van der Waals surface area contributed by atoms with Crippen molar-refractivity contribution in [2.45, 2.75) is 32.2 Å². The van der Waals surface area contributed by atoms with Gasteiger partial charge in [0.05, 0.1) is 17.8 Å². The standard InChI is InChI=1S/C26H28N4O5/c1-2-7-17(25(33)29-18-13-28-30(14-18)15-24(31)32)12-27-26(34)35-16-23-21-10-5-3-8-19(21)20-9-4-6-11-22(20)23/h3-6,8-11,13-14,17,23H,2,7,12,15-16H2,1H3,(H,27,34)(H,29,33)(H,31,32). The van der Waals surface area contributed by atoms with E-state index in [0.29, 0.717) is 12.1 Å². The molecule has 0 radical (unpaired) electrons. The van der Waals surface area contributed by atoms with Gasteiger partial charge in [-0.05, 0) is 28.7 Å². The van der Waals surface area contributed by atoms with E-state index in [1.807, 2.05) is 31.2 Å². The topological polar surface area (TPSA) is 123 Å². The molecule has 4 rings (SSSR count). The molecule has 9 nitrogen and oxygen atoms in total. The van der Waals surface area contributed by atoms with E-state index in [2.05, 4.69) is 40.0 Å². The average Bonchev–Trinajstić information content (AvgIpc) is 3.41. The lowest BCUT2D eigenvalue weighted by Crippen LogP contribution is -2.36. The fraction of sp³-hybridized carbons (Fsp3) is 0.308. The molecule has 1 heterocycles. The summed E-state index contributed by atoms with van der Waals surface area (Å²) in [7, 11) is 0. The third-order valence-electron chi connectivity index (χ3n) is 6.04. The fourth-order valence-electron chi connectivity index (χ4n) is 4.43. The first-order chi connectivity index (χ1) is 17.0. The summed E-state index contributed by atoms with van der Waals surface area (Å²) in [5.41, 5.74) is 4.98. The number of carboxylic acid groups (broad SMARTS) is 1. The van der Waals surface area contributed by atoms with Gasteiger partial charge in [-0.2, -0.15) is 5.10 Å². The summed E-state index contributed by atoms with van der Waals surface area (Å²) in [6.07, 6.45) is 3.59. The minimum absolute atomic E-state index is 0.0368. The summed E-state index contributed by atoms with van der Waals surface area (Å²) in [5.74, 6) is -1.81. The Kier molecular flexibility index (Phi) is 7.45. The van der Waals surface area contributed by atoms with E-state index in [9.17, 15) is 14.4 Å². The second-order valence-corrected chi connectivity index (χ2v) is 8.50. The number of fused-ring (bicyclic) bond motifs is 3. The zero-order valence-electron chi connectivity index (χ0n) is 19.4. The van der Waals surface area contributed by atoms with Crippen LogP contribution in [-0.4, -0.2) is 46.0 Å². The number of rotatable bonds is 10. The Hall–Kier alpha value is -4.14. The number of benzene rings is 2. The molecular weight excluding hydrogens is 448 g/mol. The van der Waals surface area contributed by atoms with Crippen LogP contribution in [0, 0.1) is 5.92 Å². The van der Waals surface area contributed by atoms with E-state index in [4.69, 9.17) is 9.84 Å². The largest absolute Gasteiger partial charge is 0.480 e. The van der Waals surface area contributed by atoms with Crippen molar-refractivity contribution in [3.63, 3.8) is 0 Å². The molecule has 3 N–H and O–H groups in total. The molecule has 0 saturated carbocycles. The molecule has 1 atom stereocenters. The monoisotopic (exact) mass is 476 g/mol. The number of carbonyl (C=O) groups is 3. The molecule has 182 valence electrons. The highest BCUT2D eigenvalue weighted by atomic mass is 16.5. The van der Waals surface area contributed by atoms with Gasteiger partial charge < -0.3 is 20.5 Å². The maximum Gasteiger partial charge on any atom is 0.407 e. The van der Waals surface area contributed by atoms with Crippen molar-refractivity contribution in [1.29, 1.82) is 0 Å². The second-order valence-electron chi connectivity index (χ2n) is 8.50. The third-order valence-corrected chi connectivity index (χ3v) is 6.04. The zero-order valence-corrected chi connectivity index (χ0v) is 19.4. The first kappa shape index (κ1) is 24.0. The number of carbonyl (C=O) groups excluding carboxylic acids is 2. The molecule has 0 spiro atoms. The van der Waals surface area contributed by atoms with Gasteiger partial charge in [0.2, 0.25) is 5.91 Å². The number of anilines is 1. The number of aromatic nitrogens is 2. The second kappa shape index (κ2) is 10.9. The van der Waals surface area contributed by atoms with Crippen LogP contribution in [0.25, 0.3) is 11.1 Å². The smallest absolute Gasteiger partial charge is 0.407 e. The Morgan fingerprint density at radius 2 is 1.74 bits per heavy atom. The predicted octanol–water partition coefficient (Wildman–Crippen LogP) is 3.86. The van der Waals surface area contributed by atoms with Crippen molar-refractivity contribution in [3.05, 3.63) is 72.1 Å². The molecule has 0 saturated heterocycles. The Morgan fingerprint density at radius 1 is 1.09 bits per heavy atom. The quantitative estimate of drug-likeness (QED) is 0.408. The highest BCUT2D eigenvalue weighted by Crippen LogP contribution is 2.44. The van der Waals surface area contributed by atoms with Crippen LogP contribution in [0.3, 0.4) is 0 Å². The van der Waals surface area contributed by atoms with Gasteiger partial charge in [0.15, 0.2) is 0 Å². The van der Waals surface area contributed by atoms with Crippen molar-refractivity contribution >= 4 is 23.7 Å².